The summed E-state index contributed by atoms with van der Waals surface area (Å²) in [5, 5.41) is 2.95. The van der Waals surface area contributed by atoms with E-state index >= 15 is 0 Å². The average molecular weight is 570 g/mol. The zero-order valence-electron chi connectivity index (χ0n) is 24.0. The van der Waals surface area contributed by atoms with Crippen LogP contribution in [0.15, 0.2) is 54.6 Å². The van der Waals surface area contributed by atoms with Crippen LogP contribution in [0, 0.1) is 0 Å². The first-order valence-corrected chi connectivity index (χ1v) is 14.3. The molecule has 2 atom stereocenters. The highest BCUT2D eigenvalue weighted by atomic mass is 35.5. The third kappa shape index (κ3) is 7.43. The van der Waals surface area contributed by atoms with Gasteiger partial charge in [-0.3, -0.25) is 14.4 Å². The van der Waals surface area contributed by atoms with E-state index in [0.29, 0.717) is 32.5 Å². The van der Waals surface area contributed by atoms with Gasteiger partial charge in [0.1, 0.15) is 6.04 Å². The molecule has 7 nitrogen and oxygen atoms in total. The van der Waals surface area contributed by atoms with Gasteiger partial charge in [-0.15, -0.1) is 12.4 Å². The molecular formula is C32H44ClN3O4. The molecule has 1 spiro atoms. The van der Waals surface area contributed by atoms with Gasteiger partial charge in [-0.1, -0.05) is 54.6 Å². The zero-order chi connectivity index (χ0) is 28.0. The highest BCUT2D eigenvalue weighted by Gasteiger charge is 2.46. The van der Waals surface area contributed by atoms with Gasteiger partial charge in [0.05, 0.1) is 18.6 Å². The quantitative estimate of drug-likeness (QED) is 0.405. The summed E-state index contributed by atoms with van der Waals surface area (Å²) in [5.74, 6) is -0.372. The predicted octanol–water partition coefficient (Wildman–Crippen LogP) is 4.65. The number of fused-ring (bicyclic) bond motifs is 2. The molecule has 1 aliphatic carbocycles. The molecule has 2 aromatic carbocycles. The SMILES string of the molecule is CCOC(=O)C[C@@H]1CC2(CCN(C(=O)[C@@H](CCCc3ccccc3)NC(=O)C(C)(C)N)CC2)c2ccccc21.Cl. The minimum absolute atomic E-state index is 0. The molecule has 1 saturated heterocycles. The lowest BCUT2D eigenvalue weighted by atomic mass is 9.73. The van der Waals surface area contributed by atoms with Crippen LogP contribution in [0.4, 0.5) is 0 Å². The number of hydrogen-bond acceptors (Lipinski definition) is 5. The second kappa shape index (κ2) is 13.6. The van der Waals surface area contributed by atoms with Gasteiger partial charge in [-0.2, -0.15) is 0 Å². The maximum Gasteiger partial charge on any atom is 0.306 e. The van der Waals surface area contributed by atoms with Crippen molar-refractivity contribution in [2.75, 3.05) is 19.7 Å². The van der Waals surface area contributed by atoms with Crippen LogP contribution < -0.4 is 11.1 Å². The molecule has 2 amide bonds. The van der Waals surface area contributed by atoms with Gasteiger partial charge in [-0.05, 0) is 87.3 Å². The number of aryl methyl sites for hydroxylation is 1. The smallest absolute Gasteiger partial charge is 0.306 e. The van der Waals surface area contributed by atoms with Gasteiger partial charge in [-0.25, -0.2) is 0 Å². The van der Waals surface area contributed by atoms with Gasteiger partial charge >= 0.3 is 5.97 Å². The third-order valence-electron chi connectivity index (χ3n) is 8.35. The number of nitrogens with two attached hydrogens (primary N) is 1. The van der Waals surface area contributed by atoms with Gasteiger partial charge in [0.15, 0.2) is 0 Å². The van der Waals surface area contributed by atoms with Crippen LogP contribution in [-0.2, 0) is 31.0 Å². The molecular weight excluding hydrogens is 526 g/mol. The molecule has 0 bridgehead atoms. The first-order valence-electron chi connectivity index (χ1n) is 14.3. The Morgan fingerprint density at radius 1 is 1.07 bits per heavy atom. The molecule has 4 rings (SSSR count). The number of piperidine rings is 1. The van der Waals surface area contributed by atoms with Gasteiger partial charge in [0.2, 0.25) is 11.8 Å². The van der Waals surface area contributed by atoms with Crippen LogP contribution in [0.5, 0.6) is 0 Å². The fourth-order valence-corrected chi connectivity index (χ4v) is 6.24. The summed E-state index contributed by atoms with van der Waals surface area (Å²) in [6, 6.07) is 18.0. The van der Waals surface area contributed by atoms with Crippen molar-refractivity contribution in [3.63, 3.8) is 0 Å². The summed E-state index contributed by atoms with van der Waals surface area (Å²) >= 11 is 0. The monoisotopic (exact) mass is 569 g/mol. The third-order valence-corrected chi connectivity index (χ3v) is 8.35. The van der Waals surface area contributed by atoms with Gasteiger partial charge in [0, 0.05) is 13.1 Å². The Kier molecular flexibility index (Phi) is 10.8. The topological polar surface area (TPSA) is 102 Å². The summed E-state index contributed by atoms with van der Waals surface area (Å²) in [7, 11) is 0. The minimum atomic E-state index is -1.06. The van der Waals surface area contributed by atoms with Crippen molar-refractivity contribution in [3.05, 3.63) is 71.3 Å². The Hall–Kier alpha value is -2.90. The Morgan fingerprint density at radius 2 is 1.73 bits per heavy atom. The van der Waals surface area contributed by atoms with E-state index in [0.717, 1.165) is 32.1 Å². The normalized spacial score (nSPS) is 18.4. The number of carbonyl (C=O) groups excluding carboxylic acids is 3. The number of likely N-dealkylation sites (tertiary alicyclic amines) is 1. The number of benzene rings is 2. The number of esters is 1. The van der Waals surface area contributed by atoms with Gasteiger partial charge < -0.3 is 20.7 Å². The lowest BCUT2D eigenvalue weighted by molar-refractivity contribution is -0.143. The summed E-state index contributed by atoms with van der Waals surface area (Å²) in [6.45, 7) is 6.78. The highest BCUT2D eigenvalue weighted by molar-refractivity contribution is 5.91. The number of amides is 2. The highest BCUT2D eigenvalue weighted by Crippen LogP contribution is 2.52. The first-order chi connectivity index (χ1) is 18.6. The number of hydrogen-bond donors (Lipinski definition) is 2. The summed E-state index contributed by atoms with van der Waals surface area (Å²) < 4.78 is 5.25. The molecule has 1 fully saturated rings. The van der Waals surface area contributed by atoms with Crippen molar-refractivity contribution in [1.82, 2.24) is 10.2 Å². The summed E-state index contributed by atoms with van der Waals surface area (Å²) in [5.41, 5.74) is 8.70. The number of rotatable bonds is 10. The van der Waals surface area contributed by atoms with Crippen LogP contribution >= 0.6 is 12.4 Å². The molecule has 0 aromatic heterocycles. The van der Waals surface area contributed by atoms with Crippen molar-refractivity contribution in [2.45, 2.75) is 88.6 Å². The largest absolute Gasteiger partial charge is 0.466 e. The summed E-state index contributed by atoms with van der Waals surface area (Å²) in [4.78, 5) is 40.7. The minimum Gasteiger partial charge on any atom is -0.466 e. The molecule has 40 heavy (non-hydrogen) atoms. The molecule has 0 radical (unpaired) electrons. The fourth-order valence-electron chi connectivity index (χ4n) is 6.24. The number of nitrogens with zero attached hydrogens (tertiary/aromatic N) is 1. The number of halogens is 1. The lowest BCUT2D eigenvalue weighted by Gasteiger charge is -2.41. The second-order valence-electron chi connectivity index (χ2n) is 11.7. The van der Waals surface area contributed by atoms with Crippen molar-refractivity contribution in [2.24, 2.45) is 5.73 Å². The van der Waals surface area contributed by atoms with E-state index < -0.39 is 11.6 Å². The molecule has 3 N–H and O–H groups in total. The van der Waals surface area contributed by atoms with Crippen LogP contribution in [0.25, 0.3) is 0 Å². The standard InChI is InChI=1S/C32H43N3O4.ClH/c1-4-39-28(36)21-24-22-32(26-15-9-8-14-25(24)26)17-19-35(20-18-32)29(37)27(34-30(38)31(2,3)33)16-10-13-23-11-6-5-7-12-23;/h5-9,11-12,14-15,24,27H,4,10,13,16-22,33H2,1-3H3,(H,34,38);1H/t24-,27-;/m1./s1. The Balaban J connectivity index is 0.00000441. The van der Waals surface area contributed by atoms with Crippen molar-refractivity contribution >= 4 is 30.2 Å². The van der Waals surface area contributed by atoms with Crippen molar-refractivity contribution in [1.29, 1.82) is 0 Å². The number of nitrogens with one attached hydrogen (secondary N) is 1. The zero-order valence-corrected chi connectivity index (χ0v) is 24.8. The van der Waals surface area contributed by atoms with Crippen LogP contribution in [0.2, 0.25) is 0 Å². The molecule has 1 heterocycles. The maximum atomic E-state index is 13.7. The van der Waals surface area contributed by atoms with E-state index in [9.17, 15) is 14.4 Å². The first kappa shape index (κ1) is 31.6. The Morgan fingerprint density at radius 3 is 2.38 bits per heavy atom. The molecule has 1 aliphatic heterocycles. The number of carbonyl (C=O) groups is 3. The Labute approximate surface area is 244 Å². The van der Waals surface area contributed by atoms with Crippen LogP contribution in [0.3, 0.4) is 0 Å². The second-order valence-corrected chi connectivity index (χ2v) is 11.7. The van der Waals surface area contributed by atoms with Crippen LogP contribution in [-0.4, -0.2) is 54.0 Å². The fraction of sp³-hybridized carbons (Fsp3) is 0.531. The number of ether oxygens (including phenoxy) is 1. The Bertz CT molecular complexity index is 1160. The molecule has 8 heteroatoms. The summed E-state index contributed by atoms with van der Waals surface area (Å²) in [6.07, 6.45) is 5.14. The molecule has 0 saturated carbocycles. The van der Waals surface area contributed by atoms with Crippen LogP contribution in [0.1, 0.15) is 81.9 Å². The van der Waals surface area contributed by atoms with Crippen molar-refractivity contribution < 1.29 is 19.1 Å². The van der Waals surface area contributed by atoms with Gasteiger partial charge in [0.25, 0.3) is 0 Å². The predicted molar refractivity (Wildman–Crippen MR) is 159 cm³/mol. The van der Waals surface area contributed by atoms with E-state index in [1.54, 1.807) is 13.8 Å². The van der Waals surface area contributed by atoms with E-state index in [-0.39, 0.29) is 41.5 Å². The van der Waals surface area contributed by atoms with E-state index in [2.05, 4.69) is 35.6 Å². The maximum absolute atomic E-state index is 13.7. The van der Waals surface area contributed by atoms with E-state index in [1.165, 1.54) is 16.7 Å². The van der Waals surface area contributed by atoms with Crippen molar-refractivity contribution in [3.8, 4) is 0 Å². The van der Waals surface area contributed by atoms with E-state index in [4.69, 9.17) is 10.5 Å². The average Bonchev–Trinajstić information content (AvgIpc) is 3.20. The molecule has 2 aliphatic rings. The molecule has 2 aromatic rings. The lowest BCUT2D eigenvalue weighted by Crippen LogP contribution is -2.57. The molecule has 0 unspecified atom stereocenters. The van der Waals surface area contributed by atoms with E-state index in [1.807, 2.05) is 36.1 Å². The molecule has 218 valence electrons.